The van der Waals surface area contributed by atoms with Crippen molar-refractivity contribution >= 4 is 16.8 Å². The number of carbonyl (C=O) groups is 1. The van der Waals surface area contributed by atoms with Gasteiger partial charge in [0.25, 0.3) is 0 Å². The molecule has 1 heterocycles. The lowest BCUT2D eigenvalue weighted by Crippen LogP contribution is -2.24. The van der Waals surface area contributed by atoms with Crippen LogP contribution in [0.1, 0.15) is 72.2 Å². The maximum Gasteiger partial charge on any atom is 0.152 e. The van der Waals surface area contributed by atoms with Crippen molar-refractivity contribution in [3.8, 4) is 6.07 Å². The highest BCUT2D eigenvalue weighted by Gasteiger charge is 2.24. The SMILES string of the molecule is CC(C)(C)CC(=O)CCCc1nc2c(F)cc(C#N)cc2n1C(C)(C)C. The van der Waals surface area contributed by atoms with Crippen LogP contribution in [0.4, 0.5) is 4.39 Å². The zero-order valence-electron chi connectivity index (χ0n) is 16.6. The van der Waals surface area contributed by atoms with Crippen LogP contribution in [-0.4, -0.2) is 15.3 Å². The molecule has 2 rings (SSSR count). The molecule has 0 radical (unpaired) electrons. The molecule has 0 spiro atoms. The number of hydrogen-bond acceptors (Lipinski definition) is 3. The van der Waals surface area contributed by atoms with Gasteiger partial charge >= 0.3 is 0 Å². The third-order valence-electron chi connectivity index (χ3n) is 4.17. The van der Waals surface area contributed by atoms with Crippen LogP contribution in [0.5, 0.6) is 0 Å². The van der Waals surface area contributed by atoms with E-state index >= 15 is 0 Å². The van der Waals surface area contributed by atoms with Crippen LogP contribution in [0.15, 0.2) is 12.1 Å². The Morgan fingerprint density at radius 1 is 1.23 bits per heavy atom. The highest BCUT2D eigenvalue weighted by molar-refractivity contribution is 5.80. The number of nitriles is 1. The van der Waals surface area contributed by atoms with Crippen molar-refractivity contribution in [1.82, 2.24) is 9.55 Å². The first kappa shape index (κ1) is 20.1. The van der Waals surface area contributed by atoms with E-state index in [1.54, 1.807) is 6.07 Å². The van der Waals surface area contributed by atoms with Crippen LogP contribution in [0, 0.1) is 22.6 Å². The second-order valence-electron chi connectivity index (χ2n) is 9.10. The lowest BCUT2D eigenvalue weighted by Gasteiger charge is -2.25. The number of fused-ring (bicyclic) bond motifs is 1. The molecule has 140 valence electrons. The summed E-state index contributed by atoms with van der Waals surface area (Å²) >= 11 is 0. The number of aromatic nitrogens is 2. The third kappa shape index (κ3) is 4.69. The molecule has 0 aliphatic rings. The van der Waals surface area contributed by atoms with E-state index in [1.165, 1.54) is 6.07 Å². The first-order valence-corrected chi connectivity index (χ1v) is 9.05. The minimum atomic E-state index is -0.480. The minimum Gasteiger partial charge on any atom is -0.322 e. The fourth-order valence-corrected chi connectivity index (χ4v) is 3.29. The number of imidazole rings is 1. The summed E-state index contributed by atoms with van der Waals surface area (Å²) in [5, 5.41) is 9.13. The van der Waals surface area contributed by atoms with E-state index in [0.717, 1.165) is 5.82 Å². The largest absolute Gasteiger partial charge is 0.322 e. The molecule has 2 aromatic rings. The first-order valence-electron chi connectivity index (χ1n) is 9.05. The summed E-state index contributed by atoms with van der Waals surface area (Å²) in [5.41, 5.74) is 0.888. The number of carbonyl (C=O) groups excluding carboxylic acids is 1. The molecule has 0 aliphatic carbocycles. The molecule has 4 nitrogen and oxygen atoms in total. The Morgan fingerprint density at radius 3 is 2.42 bits per heavy atom. The van der Waals surface area contributed by atoms with E-state index in [4.69, 9.17) is 5.26 Å². The topological polar surface area (TPSA) is 58.7 Å². The molecule has 0 bridgehead atoms. The van der Waals surface area contributed by atoms with Gasteiger partial charge in [-0.05, 0) is 44.7 Å². The van der Waals surface area contributed by atoms with E-state index in [2.05, 4.69) is 25.8 Å². The summed E-state index contributed by atoms with van der Waals surface area (Å²) in [6.45, 7) is 12.2. The molecular weight excluding hydrogens is 329 g/mol. The maximum atomic E-state index is 14.4. The van der Waals surface area contributed by atoms with Crippen LogP contribution in [0.25, 0.3) is 11.0 Å². The van der Waals surface area contributed by atoms with Gasteiger partial charge in [-0.25, -0.2) is 9.37 Å². The Bertz CT molecular complexity index is 860. The van der Waals surface area contributed by atoms with Crippen LogP contribution < -0.4 is 0 Å². The van der Waals surface area contributed by atoms with E-state index in [1.807, 2.05) is 31.4 Å². The van der Waals surface area contributed by atoms with E-state index in [0.29, 0.717) is 31.2 Å². The van der Waals surface area contributed by atoms with Gasteiger partial charge in [-0.1, -0.05) is 20.8 Å². The number of Topliss-reactive ketones (excluding diaryl/α,β-unsaturated/α-hetero) is 1. The normalized spacial score (nSPS) is 12.4. The average Bonchev–Trinajstić information content (AvgIpc) is 2.84. The van der Waals surface area contributed by atoms with Gasteiger partial charge in [0.1, 0.15) is 17.1 Å². The van der Waals surface area contributed by atoms with E-state index in [9.17, 15) is 9.18 Å². The fourth-order valence-electron chi connectivity index (χ4n) is 3.29. The molecule has 1 aromatic carbocycles. The van der Waals surface area contributed by atoms with Crippen LogP contribution in [0.3, 0.4) is 0 Å². The van der Waals surface area contributed by atoms with Crippen molar-refractivity contribution in [2.75, 3.05) is 0 Å². The number of halogens is 1. The Morgan fingerprint density at radius 2 is 1.88 bits per heavy atom. The second kappa shape index (κ2) is 7.19. The smallest absolute Gasteiger partial charge is 0.152 e. The first-order chi connectivity index (χ1) is 11.9. The summed E-state index contributed by atoms with van der Waals surface area (Å²) in [4.78, 5) is 16.6. The standard InChI is InChI=1S/C21H28FN3O/c1-20(2,3)12-15(26)8-7-9-18-24-19-16(22)10-14(13-23)11-17(19)25(18)21(4,5)6/h10-11H,7-9,12H2,1-6H3. The highest BCUT2D eigenvalue weighted by Crippen LogP contribution is 2.29. The molecule has 0 atom stereocenters. The molecule has 0 saturated carbocycles. The number of benzene rings is 1. The summed E-state index contributed by atoms with van der Waals surface area (Å²) in [6.07, 6.45) is 2.34. The van der Waals surface area contributed by atoms with Crippen molar-refractivity contribution in [2.45, 2.75) is 72.8 Å². The van der Waals surface area contributed by atoms with Gasteiger partial charge in [-0.2, -0.15) is 5.26 Å². The molecule has 26 heavy (non-hydrogen) atoms. The highest BCUT2D eigenvalue weighted by atomic mass is 19.1. The zero-order valence-corrected chi connectivity index (χ0v) is 16.6. The van der Waals surface area contributed by atoms with Gasteiger partial charge in [0.2, 0.25) is 0 Å². The van der Waals surface area contributed by atoms with Crippen LogP contribution in [0.2, 0.25) is 0 Å². The summed E-state index contributed by atoms with van der Waals surface area (Å²) < 4.78 is 16.4. The number of aryl methyl sites for hydroxylation is 1. The molecule has 5 heteroatoms. The average molecular weight is 357 g/mol. The predicted molar refractivity (Wildman–Crippen MR) is 101 cm³/mol. The van der Waals surface area contributed by atoms with Gasteiger partial charge in [-0.15, -0.1) is 0 Å². The van der Waals surface area contributed by atoms with Crippen molar-refractivity contribution in [3.63, 3.8) is 0 Å². The van der Waals surface area contributed by atoms with Crippen molar-refractivity contribution < 1.29 is 9.18 Å². The Balaban J connectivity index is 2.31. The zero-order chi connectivity index (χ0) is 19.7. The third-order valence-corrected chi connectivity index (χ3v) is 4.17. The van der Waals surface area contributed by atoms with E-state index < -0.39 is 5.82 Å². The second-order valence-corrected chi connectivity index (χ2v) is 9.10. The molecule has 0 N–H and O–H groups in total. The molecule has 1 aromatic heterocycles. The Kier molecular flexibility index (Phi) is 5.55. The van der Waals surface area contributed by atoms with Gasteiger partial charge < -0.3 is 4.57 Å². The molecule has 0 fully saturated rings. The predicted octanol–water partition coefficient (Wildman–Crippen LogP) is 5.13. The summed E-state index contributed by atoms with van der Waals surface area (Å²) in [6, 6.07) is 4.91. The summed E-state index contributed by atoms with van der Waals surface area (Å²) in [5.74, 6) is 0.519. The van der Waals surface area contributed by atoms with Crippen LogP contribution >= 0.6 is 0 Å². The quantitative estimate of drug-likeness (QED) is 0.745. The number of nitrogens with zero attached hydrogens (tertiary/aromatic N) is 3. The Hall–Kier alpha value is -2.22. The number of hydrogen-bond donors (Lipinski definition) is 0. The Labute approximate surface area is 155 Å². The van der Waals surface area contributed by atoms with Crippen molar-refractivity contribution in [2.24, 2.45) is 5.41 Å². The lowest BCUT2D eigenvalue weighted by molar-refractivity contribution is -0.120. The molecule has 0 unspecified atom stereocenters. The van der Waals surface area contributed by atoms with Gasteiger partial charge in [0.05, 0.1) is 17.1 Å². The lowest BCUT2D eigenvalue weighted by atomic mass is 9.88. The summed E-state index contributed by atoms with van der Waals surface area (Å²) in [7, 11) is 0. The van der Waals surface area contributed by atoms with E-state index in [-0.39, 0.29) is 27.8 Å². The number of ketones is 1. The molecule has 0 aliphatic heterocycles. The minimum absolute atomic E-state index is 0.00748. The number of rotatable bonds is 5. The molecule has 0 amide bonds. The van der Waals surface area contributed by atoms with Gasteiger partial charge in [-0.3, -0.25) is 4.79 Å². The molecular formula is C21H28FN3O. The van der Waals surface area contributed by atoms with Gasteiger partial charge in [0.15, 0.2) is 5.82 Å². The van der Waals surface area contributed by atoms with Gasteiger partial charge in [0, 0.05) is 24.8 Å². The van der Waals surface area contributed by atoms with Crippen molar-refractivity contribution in [3.05, 3.63) is 29.3 Å². The fraction of sp³-hybridized carbons (Fsp3) is 0.571. The monoisotopic (exact) mass is 357 g/mol. The van der Waals surface area contributed by atoms with Crippen molar-refractivity contribution in [1.29, 1.82) is 5.26 Å². The molecule has 0 saturated heterocycles. The maximum absolute atomic E-state index is 14.4. The van der Waals surface area contributed by atoms with Crippen LogP contribution in [-0.2, 0) is 16.8 Å².